The first-order chi connectivity index (χ1) is 8.61. The van der Waals surface area contributed by atoms with Crippen LogP contribution in [0.1, 0.15) is 50.2 Å². The Bertz CT molecular complexity index is 462. The fourth-order valence-electron chi connectivity index (χ4n) is 4.04. The molecule has 1 saturated carbocycles. The number of fused-ring (bicyclic) bond motifs is 4. The molecule has 1 aromatic carbocycles. The van der Waals surface area contributed by atoms with Gasteiger partial charge < -0.3 is 10.8 Å². The van der Waals surface area contributed by atoms with E-state index in [4.69, 9.17) is 5.73 Å². The summed E-state index contributed by atoms with van der Waals surface area (Å²) in [5, 5.41) is 9.77. The van der Waals surface area contributed by atoms with Crippen molar-refractivity contribution in [3.8, 4) is 5.75 Å². The second kappa shape index (κ2) is 5.34. The number of hydrogen-bond acceptors (Lipinski definition) is 2. The van der Waals surface area contributed by atoms with Crippen LogP contribution in [0.4, 0.5) is 0 Å². The normalized spacial score (nSPS) is 33.6. The molecule has 0 heterocycles. The highest BCUT2D eigenvalue weighted by Gasteiger charge is 2.43. The average Bonchev–Trinajstić information content (AvgIpc) is 2.35. The number of phenolic OH excluding ortho intramolecular Hbond substituents is 1. The topological polar surface area (TPSA) is 46.2 Å². The molecule has 0 saturated heterocycles. The van der Waals surface area contributed by atoms with Crippen molar-refractivity contribution in [1.29, 1.82) is 0 Å². The standard InChI is InChI=1S/C16H23NO.ClH/c1-16-8-4-2-3-5-12(15(16)17)9-11-6-7-13(18)10-14(11)16;/h6-7,10,12,15,18H,2-5,8-9,17H2,1H3;1H/t12-,15-,16-;/m1./s1. The fraction of sp³-hybridized carbons (Fsp3) is 0.625. The third-order valence-electron chi connectivity index (χ3n) is 5.21. The molecule has 3 N–H and O–H groups in total. The van der Waals surface area contributed by atoms with E-state index in [2.05, 4.69) is 13.0 Å². The van der Waals surface area contributed by atoms with Crippen molar-refractivity contribution < 1.29 is 5.11 Å². The summed E-state index contributed by atoms with van der Waals surface area (Å²) >= 11 is 0. The second-order valence-electron chi connectivity index (χ2n) is 6.35. The van der Waals surface area contributed by atoms with Gasteiger partial charge in [0, 0.05) is 11.5 Å². The first-order valence-corrected chi connectivity index (χ1v) is 7.19. The van der Waals surface area contributed by atoms with Gasteiger partial charge in [-0.05, 0) is 48.4 Å². The first-order valence-electron chi connectivity index (χ1n) is 7.19. The maximum absolute atomic E-state index is 9.77. The van der Waals surface area contributed by atoms with Gasteiger partial charge in [-0.3, -0.25) is 0 Å². The minimum atomic E-state index is 0. The lowest BCUT2D eigenvalue weighted by molar-refractivity contribution is 0.201. The Labute approximate surface area is 121 Å². The van der Waals surface area contributed by atoms with Crippen molar-refractivity contribution in [3.63, 3.8) is 0 Å². The molecule has 3 heteroatoms. The summed E-state index contributed by atoms with van der Waals surface area (Å²) in [7, 11) is 0. The first kappa shape index (κ1) is 14.7. The van der Waals surface area contributed by atoms with Crippen LogP contribution in [0, 0.1) is 5.92 Å². The van der Waals surface area contributed by atoms with E-state index in [1.54, 1.807) is 0 Å². The van der Waals surface area contributed by atoms with Crippen LogP contribution < -0.4 is 5.73 Å². The van der Waals surface area contributed by atoms with E-state index in [9.17, 15) is 5.11 Å². The zero-order chi connectivity index (χ0) is 12.8. The van der Waals surface area contributed by atoms with Gasteiger partial charge in [-0.2, -0.15) is 0 Å². The smallest absolute Gasteiger partial charge is 0.115 e. The van der Waals surface area contributed by atoms with Crippen LogP contribution in [0.15, 0.2) is 18.2 Å². The minimum absolute atomic E-state index is 0. The van der Waals surface area contributed by atoms with Crippen LogP contribution >= 0.6 is 12.4 Å². The average molecular weight is 282 g/mol. The summed E-state index contributed by atoms with van der Waals surface area (Å²) in [6, 6.07) is 6.11. The SMILES string of the molecule is C[C@@]12CCCCC[C@H](Cc3ccc(O)cc31)[C@H]2N.Cl. The molecule has 0 amide bonds. The lowest BCUT2D eigenvalue weighted by Crippen LogP contribution is -2.52. The molecule has 1 fully saturated rings. The highest BCUT2D eigenvalue weighted by molar-refractivity contribution is 5.85. The van der Waals surface area contributed by atoms with Gasteiger partial charge >= 0.3 is 0 Å². The van der Waals surface area contributed by atoms with Crippen molar-refractivity contribution in [2.45, 2.75) is 56.9 Å². The number of nitrogens with two attached hydrogens (primary N) is 1. The molecule has 0 radical (unpaired) electrons. The molecule has 0 aromatic heterocycles. The summed E-state index contributed by atoms with van der Waals surface area (Å²) in [5.41, 5.74) is 9.33. The third kappa shape index (κ3) is 2.36. The van der Waals surface area contributed by atoms with Gasteiger partial charge in [-0.25, -0.2) is 0 Å². The van der Waals surface area contributed by atoms with Crippen LogP contribution in [-0.2, 0) is 11.8 Å². The number of hydrogen-bond donors (Lipinski definition) is 2. The van der Waals surface area contributed by atoms with E-state index >= 15 is 0 Å². The summed E-state index contributed by atoms with van der Waals surface area (Å²) in [4.78, 5) is 0. The van der Waals surface area contributed by atoms with Crippen LogP contribution in [0.3, 0.4) is 0 Å². The van der Waals surface area contributed by atoms with Gasteiger partial charge in [0.25, 0.3) is 0 Å². The fourth-order valence-corrected chi connectivity index (χ4v) is 4.04. The molecule has 106 valence electrons. The summed E-state index contributed by atoms with van der Waals surface area (Å²) in [5.74, 6) is 0.995. The Kier molecular flexibility index (Phi) is 4.12. The zero-order valence-electron chi connectivity index (χ0n) is 11.6. The van der Waals surface area contributed by atoms with Crippen molar-refractivity contribution in [2.24, 2.45) is 11.7 Å². The third-order valence-corrected chi connectivity index (χ3v) is 5.21. The quantitative estimate of drug-likeness (QED) is 0.764. The van der Waals surface area contributed by atoms with Gasteiger partial charge in [0.15, 0.2) is 0 Å². The molecule has 0 spiro atoms. The number of aromatic hydroxyl groups is 1. The lowest BCUT2D eigenvalue weighted by Gasteiger charge is -2.47. The Hall–Kier alpha value is -0.730. The molecule has 0 aliphatic heterocycles. The minimum Gasteiger partial charge on any atom is -0.508 e. The van der Waals surface area contributed by atoms with E-state index in [1.807, 2.05) is 12.1 Å². The van der Waals surface area contributed by atoms with Crippen LogP contribution in [0.25, 0.3) is 0 Å². The molecule has 0 unspecified atom stereocenters. The van der Waals surface area contributed by atoms with Crippen molar-refractivity contribution in [3.05, 3.63) is 29.3 Å². The molecule has 2 nitrogen and oxygen atoms in total. The second-order valence-corrected chi connectivity index (χ2v) is 6.35. The highest BCUT2D eigenvalue weighted by atomic mass is 35.5. The molecule has 3 atom stereocenters. The van der Waals surface area contributed by atoms with E-state index in [-0.39, 0.29) is 23.9 Å². The maximum Gasteiger partial charge on any atom is 0.115 e. The molecular formula is C16H24ClNO. The predicted molar refractivity (Wildman–Crippen MR) is 81.0 cm³/mol. The lowest BCUT2D eigenvalue weighted by atomic mass is 9.60. The number of halogens is 1. The Morgan fingerprint density at radius 1 is 1.26 bits per heavy atom. The van der Waals surface area contributed by atoms with Crippen molar-refractivity contribution in [1.82, 2.24) is 0 Å². The monoisotopic (exact) mass is 281 g/mol. The molecule has 2 bridgehead atoms. The number of phenols is 1. The van der Waals surface area contributed by atoms with Crippen LogP contribution in [0.2, 0.25) is 0 Å². The van der Waals surface area contributed by atoms with Crippen LogP contribution in [-0.4, -0.2) is 11.1 Å². The number of rotatable bonds is 0. The molecule has 3 rings (SSSR count). The molecule has 2 aliphatic rings. The summed E-state index contributed by atoms with van der Waals surface area (Å²) < 4.78 is 0. The van der Waals surface area contributed by atoms with E-state index in [0.29, 0.717) is 11.7 Å². The molecular weight excluding hydrogens is 258 g/mol. The van der Waals surface area contributed by atoms with Crippen LogP contribution in [0.5, 0.6) is 5.75 Å². The number of benzene rings is 1. The van der Waals surface area contributed by atoms with Crippen molar-refractivity contribution in [2.75, 3.05) is 0 Å². The van der Waals surface area contributed by atoms with E-state index < -0.39 is 0 Å². The maximum atomic E-state index is 9.77. The van der Waals surface area contributed by atoms with E-state index in [0.717, 1.165) is 12.8 Å². The van der Waals surface area contributed by atoms with Gasteiger partial charge in [-0.1, -0.05) is 32.3 Å². The van der Waals surface area contributed by atoms with Gasteiger partial charge in [0.2, 0.25) is 0 Å². The Balaban J connectivity index is 0.00000133. The molecule has 1 aromatic rings. The van der Waals surface area contributed by atoms with Gasteiger partial charge in [0.1, 0.15) is 5.75 Å². The van der Waals surface area contributed by atoms with E-state index in [1.165, 1.54) is 36.8 Å². The molecule has 19 heavy (non-hydrogen) atoms. The summed E-state index contributed by atoms with van der Waals surface area (Å²) in [6.45, 7) is 2.30. The van der Waals surface area contributed by atoms with Gasteiger partial charge in [0.05, 0.1) is 0 Å². The highest BCUT2D eigenvalue weighted by Crippen LogP contribution is 2.46. The predicted octanol–water partition coefficient (Wildman–Crippen LogP) is 3.54. The summed E-state index contributed by atoms with van der Waals surface area (Å²) in [6.07, 6.45) is 7.41. The molecule has 2 aliphatic carbocycles. The Morgan fingerprint density at radius 3 is 2.84 bits per heavy atom. The Morgan fingerprint density at radius 2 is 2.05 bits per heavy atom. The van der Waals surface area contributed by atoms with Crippen molar-refractivity contribution >= 4 is 12.4 Å². The van der Waals surface area contributed by atoms with Gasteiger partial charge in [-0.15, -0.1) is 12.4 Å². The zero-order valence-corrected chi connectivity index (χ0v) is 12.4. The largest absolute Gasteiger partial charge is 0.508 e.